The largest absolute Gasteiger partial charge is 0.384 e. The van der Waals surface area contributed by atoms with E-state index in [4.69, 9.17) is 0 Å². The Hall–Kier alpha value is 0.825. The van der Waals surface area contributed by atoms with Crippen molar-refractivity contribution in [3.63, 3.8) is 0 Å². The number of rotatable bonds is 3. The third-order valence-electron chi connectivity index (χ3n) is 1.85. The Kier molecular flexibility index (Phi) is 8.29. The molecular formula is C8H17LaNO. The van der Waals surface area contributed by atoms with Crippen LogP contribution >= 0.6 is 0 Å². The molecule has 0 aliphatic carbocycles. The smallest absolute Gasteiger partial charge is 0.0991 e. The first-order valence-corrected chi connectivity index (χ1v) is 3.71. The van der Waals surface area contributed by atoms with Gasteiger partial charge in [-0.05, 0) is 20.3 Å². The molecule has 0 fully saturated rings. The second-order valence-corrected chi connectivity index (χ2v) is 2.83. The van der Waals surface area contributed by atoms with Crippen molar-refractivity contribution in [1.82, 2.24) is 0 Å². The normalized spacial score (nSPS) is 17.0. The molecule has 1 atom stereocenters. The SMILES string of the molecule is CCCC(C)(O)C(C)=NC.[La]. The Labute approximate surface area is 97.1 Å². The molecule has 0 saturated carbocycles. The van der Waals surface area contributed by atoms with E-state index in [0.29, 0.717) is 0 Å². The number of nitrogens with zero attached hydrogens (tertiary/aromatic N) is 1. The Morgan fingerprint density at radius 1 is 1.55 bits per heavy atom. The Balaban J connectivity index is 0. The molecule has 1 radical (unpaired) electrons. The molecule has 0 aliphatic rings. The van der Waals surface area contributed by atoms with E-state index < -0.39 is 5.60 Å². The van der Waals surface area contributed by atoms with E-state index in [9.17, 15) is 5.11 Å². The summed E-state index contributed by atoms with van der Waals surface area (Å²) in [6, 6.07) is 0. The van der Waals surface area contributed by atoms with E-state index in [-0.39, 0.29) is 35.6 Å². The summed E-state index contributed by atoms with van der Waals surface area (Å²) in [4.78, 5) is 3.95. The average molecular weight is 282 g/mol. The summed E-state index contributed by atoms with van der Waals surface area (Å²) in [6.45, 7) is 5.71. The first-order valence-electron chi connectivity index (χ1n) is 3.71. The summed E-state index contributed by atoms with van der Waals surface area (Å²) >= 11 is 0. The Morgan fingerprint density at radius 2 is 2.00 bits per heavy atom. The van der Waals surface area contributed by atoms with Crippen LogP contribution in [-0.4, -0.2) is 23.5 Å². The molecule has 63 valence electrons. The molecule has 1 unspecified atom stereocenters. The van der Waals surface area contributed by atoms with Crippen molar-refractivity contribution in [2.45, 2.75) is 39.2 Å². The molecule has 0 saturated heterocycles. The zero-order valence-corrected chi connectivity index (χ0v) is 11.5. The number of hydrogen-bond donors (Lipinski definition) is 1. The van der Waals surface area contributed by atoms with Gasteiger partial charge in [-0.25, -0.2) is 0 Å². The van der Waals surface area contributed by atoms with Crippen molar-refractivity contribution in [3.8, 4) is 0 Å². The third-order valence-corrected chi connectivity index (χ3v) is 1.85. The molecule has 0 aromatic heterocycles. The van der Waals surface area contributed by atoms with Crippen molar-refractivity contribution < 1.29 is 40.7 Å². The van der Waals surface area contributed by atoms with Gasteiger partial charge in [0, 0.05) is 48.4 Å². The van der Waals surface area contributed by atoms with E-state index >= 15 is 0 Å². The second kappa shape index (κ2) is 6.35. The molecule has 0 aromatic rings. The minimum absolute atomic E-state index is 0. The fraction of sp³-hybridized carbons (Fsp3) is 0.875. The van der Waals surface area contributed by atoms with Crippen molar-refractivity contribution in [2.75, 3.05) is 7.05 Å². The molecular weight excluding hydrogens is 265 g/mol. The van der Waals surface area contributed by atoms with Gasteiger partial charge in [-0.1, -0.05) is 13.3 Å². The van der Waals surface area contributed by atoms with Crippen LogP contribution in [0.15, 0.2) is 4.99 Å². The first kappa shape index (κ1) is 14.4. The first-order chi connectivity index (χ1) is 4.54. The number of aliphatic hydroxyl groups is 1. The molecule has 1 N–H and O–H groups in total. The van der Waals surface area contributed by atoms with Crippen LogP contribution < -0.4 is 0 Å². The van der Waals surface area contributed by atoms with Gasteiger partial charge in [0.25, 0.3) is 0 Å². The van der Waals surface area contributed by atoms with Gasteiger partial charge in [0.15, 0.2) is 0 Å². The van der Waals surface area contributed by atoms with Crippen LogP contribution in [0.2, 0.25) is 0 Å². The van der Waals surface area contributed by atoms with E-state index in [0.717, 1.165) is 18.6 Å². The van der Waals surface area contributed by atoms with Crippen LogP contribution in [0.4, 0.5) is 0 Å². The minimum atomic E-state index is -0.691. The molecule has 11 heavy (non-hydrogen) atoms. The van der Waals surface area contributed by atoms with E-state index in [1.54, 1.807) is 14.0 Å². The summed E-state index contributed by atoms with van der Waals surface area (Å²) in [5, 5.41) is 9.65. The van der Waals surface area contributed by atoms with E-state index in [1.807, 2.05) is 6.92 Å². The summed E-state index contributed by atoms with van der Waals surface area (Å²) in [5.41, 5.74) is 0.123. The minimum Gasteiger partial charge on any atom is -0.384 e. The van der Waals surface area contributed by atoms with Gasteiger partial charge in [-0.15, -0.1) is 0 Å². The summed E-state index contributed by atoms with van der Waals surface area (Å²) in [6.07, 6.45) is 1.77. The quantitative estimate of drug-likeness (QED) is 0.784. The van der Waals surface area contributed by atoms with Gasteiger partial charge in [-0.3, -0.25) is 4.99 Å². The average Bonchev–Trinajstić information content (AvgIpc) is 1.86. The van der Waals surface area contributed by atoms with Crippen molar-refractivity contribution in [3.05, 3.63) is 0 Å². The van der Waals surface area contributed by atoms with Crippen LogP contribution in [0, 0.1) is 35.6 Å². The predicted octanol–water partition coefficient (Wildman–Crippen LogP) is 1.63. The van der Waals surface area contributed by atoms with E-state index in [1.165, 1.54) is 0 Å². The summed E-state index contributed by atoms with van der Waals surface area (Å²) in [5.74, 6) is 0. The summed E-state index contributed by atoms with van der Waals surface area (Å²) < 4.78 is 0. The van der Waals surface area contributed by atoms with Crippen LogP contribution in [0.5, 0.6) is 0 Å². The molecule has 2 nitrogen and oxygen atoms in total. The number of hydrogen-bond acceptors (Lipinski definition) is 2. The zero-order chi connectivity index (χ0) is 8.20. The topological polar surface area (TPSA) is 32.6 Å². The maximum absolute atomic E-state index is 9.65. The van der Waals surface area contributed by atoms with E-state index in [2.05, 4.69) is 11.9 Å². The van der Waals surface area contributed by atoms with Gasteiger partial charge in [-0.2, -0.15) is 0 Å². The van der Waals surface area contributed by atoms with Gasteiger partial charge < -0.3 is 5.11 Å². The van der Waals surface area contributed by atoms with Crippen molar-refractivity contribution in [2.24, 2.45) is 4.99 Å². The molecule has 0 spiro atoms. The van der Waals surface area contributed by atoms with Gasteiger partial charge >= 0.3 is 0 Å². The van der Waals surface area contributed by atoms with Crippen LogP contribution in [-0.2, 0) is 0 Å². The second-order valence-electron chi connectivity index (χ2n) is 2.83. The molecule has 0 heterocycles. The molecule has 0 rings (SSSR count). The predicted molar refractivity (Wildman–Crippen MR) is 44.6 cm³/mol. The maximum atomic E-state index is 9.65. The third kappa shape index (κ3) is 5.13. The zero-order valence-electron chi connectivity index (χ0n) is 7.89. The standard InChI is InChI=1S/C8H17NO.La/c1-5-6-8(3,10)7(2)9-4;/h10H,5-6H2,1-4H3;. The van der Waals surface area contributed by atoms with Crippen LogP contribution in [0.1, 0.15) is 33.6 Å². The van der Waals surface area contributed by atoms with Crippen molar-refractivity contribution in [1.29, 1.82) is 0 Å². The maximum Gasteiger partial charge on any atom is 0.0991 e. The fourth-order valence-electron chi connectivity index (χ4n) is 0.909. The number of aliphatic imine (C=N–C) groups is 1. The molecule has 0 aliphatic heterocycles. The molecule has 0 bridgehead atoms. The van der Waals surface area contributed by atoms with Crippen molar-refractivity contribution >= 4 is 5.71 Å². The van der Waals surface area contributed by atoms with Crippen LogP contribution in [0.3, 0.4) is 0 Å². The van der Waals surface area contributed by atoms with Gasteiger partial charge in [0.1, 0.15) is 0 Å². The molecule has 3 heteroatoms. The Morgan fingerprint density at radius 3 is 2.27 bits per heavy atom. The monoisotopic (exact) mass is 282 g/mol. The van der Waals surface area contributed by atoms with Gasteiger partial charge in [0.2, 0.25) is 0 Å². The Bertz CT molecular complexity index is 132. The molecule has 0 amide bonds. The van der Waals surface area contributed by atoms with Crippen LogP contribution in [0.25, 0.3) is 0 Å². The van der Waals surface area contributed by atoms with Gasteiger partial charge in [0.05, 0.1) is 5.60 Å². The molecule has 0 aromatic carbocycles. The fourth-order valence-corrected chi connectivity index (χ4v) is 0.909. The summed E-state index contributed by atoms with van der Waals surface area (Å²) in [7, 11) is 1.71.